The first-order valence-corrected chi connectivity index (χ1v) is 8.01. The van der Waals surface area contributed by atoms with Crippen LogP contribution in [0, 0.1) is 5.41 Å². The Bertz CT molecular complexity index is 386. The van der Waals surface area contributed by atoms with Gasteiger partial charge in [0.1, 0.15) is 0 Å². The van der Waals surface area contributed by atoms with Crippen molar-refractivity contribution in [2.75, 3.05) is 45.9 Å². The second-order valence-corrected chi connectivity index (χ2v) is 6.26. The van der Waals surface area contributed by atoms with Crippen LogP contribution >= 0.6 is 24.0 Å². The van der Waals surface area contributed by atoms with Gasteiger partial charge in [-0.1, -0.05) is 6.92 Å². The highest BCUT2D eigenvalue weighted by atomic mass is 127. The van der Waals surface area contributed by atoms with Crippen LogP contribution in [-0.2, 0) is 9.53 Å². The first kappa shape index (κ1) is 19.5. The fraction of sp³-hybridized carbons (Fsp3) is 0.867. The molecule has 0 bridgehead atoms. The van der Waals surface area contributed by atoms with Crippen molar-refractivity contribution < 1.29 is 9.53 Å². The Morgan fingerprint density at radius 3 is 2.73 bits per heavy atom. The van der Waals surface area contributed by atoms with E-state index in [-0.39, 0.29) is 29.4 Å². The van der Waals surface area contributed by atoms with Crippen molar-refractivity contribution in [2.24, 2.45) is 10.4 Å². The van der Waals surface area contributed by atoms with Crippen LogP contribution in [0.5, 0.6) is 0 Å². The highest BCUT2D eigenvalue weighted by Crippen LogP contribution is 2.26. The number of carbonyl (C=O) groups excluding carboxylic acids is 1. The van der Waals surface area contributed by atoms with Gasteiger partial charge in [0.2, 0.25) is 5.91 Å². The number of likely N-dealkylation sites (tertiary alicyclic amines) is 1. The van der Waals surface area contributed by atoms with Crippen molar-refractivity contribution in [3.05, 3.63) is 0 Å². The van der Waals surface area contributed by atoms with E-state index >= 15 is 0 Å². The van der Waals surface area contributed by atoms with Crippen LogP contribution in [0.3, 0.4) is 0 Å². The maximum atomic E-state index is 11.5. The average Bonchev–Trinajstić information content (AvgIpc) is 2.84. The summed E-state index contributed by atoms with van der Waals surface area (Å²) in [4.78, 5) is 18.1. The van der Waals surface area contributed by atoms with Crippen molar-refractivity contribution in [1.29, 1.82) is 0 Å². The molecule has 7 heteroatoms. The van der Waals surface area contributed by atoms with Gasteiger partial charge in [-0.3, -0.25) is 9.79 Å². The fourth-order valence-corrected chi connectivity index (χ4v) is 2.57. The Labute approximate surface area is 150 Å². The van der Waals surface area contributed by atoms with Crippen LogP contribution in [0.1, 0.15) is 33.1 Å². The van der Waals surface area contributed by atoms with E-state index in [9.17, 15) is 4.79 Å². The zero-order valence-electron chi connectivity index (χ0n) is 13.7. The highest BCUT2D eigenvalue weighted by Gasteiger charge is 2.33. The van der Waals surface area contributed by atoms with E-state index in [0.29, 0.717) is 5.91 Å². The Balaban J connectivity index is 0.00000242. The maximum absolute atomic E-state index is 11.5. The molecule has 0 aliphatic carbocycles. The molecule has 2 N–H and O–H groups in total. The predicted octanol–water partition coefficient (Wildman–Crippen LogP) is 1.21. The van der Waals surface area contributed by atoms with Gasteiger partial charge < -0.3 is 20.3 Å². The van der Waals surface area contributed by atoms with Crippen LogP contribution in [0.15, 0.2) is 4.99 Å². The minimum Gasteiger partial charge on any atom is -0.380 e. The standard InChI is InChI=1S/C15H28N4O2.HI/c1-3-16-14(18-10-15(2)11-21-12-15)17-7-5-9-19-8-4-6-13(19)20;/h3-12H2,1-2H3,(H2,16,17,18);1H. The third-order valence-electron chi connectivity index (χ3n) is 3.93. The number of halogens is 1. The molecule has 2 heterocycles. The smallest absolute Gasteiger partial charge is 0.222 e. The number of aliphatic imine (C=N–C) groups is 1. The Morgan fingerprint density at radius 2 is 2.18 bits per heavy atom. The van der Waals surface area contributed by atoms with Crippen LogP contribution in [0.2, 0.25) is 0 Å². The monoisotopic (exact) mass is 424 g/mol. The Kier molecular flexibility index (Phi) is 8.45. The molecule has 22 heavy (non-hydrogen) atoms. The third-order valence-corrected chi connectivity index (χ3v) is 3.93. The summed E-state index contributed by atoms with van der Waals surface area (Å²) in [6.45, 7) is 10.1. The maximum Gasteiger partial charge on any atom is 0.222 e. The lowest BCUT2D eigenvalue weighted by atomic mass is 9.89. The van der Waals surface area contributed by atoms with Gasteiger partial charge in [0, 0.05) is 38.0 Å². The predicted molar refractivity (Wildman–Crippen MR) is 98.8 cm³/mol. The lowest BCUT2D eigenvalue weighted by Gasteiger charge is -2.36. The zero-order chi connectivity index (χ0) is 15.1. The van der Waals surface area contributed by atoms with E-state index in [0.717, 1.165) is 71.2 Å². The van der Waals surface area contributed by atoms with Crippen molar-refractivity contribution in [3.63, 3.8) is 0 Å². The summed E-state index contributed by atoms with van der Waals surface area (Å²) in [5.41, 5.74) is 0.199. The minimum atomic E-state index is 0. The summed E-state index contributed by atoms with van der Waals surface area (Å²) < 4.78 is 5.25. The lowest BCUT2D eigenvalue weighted by molar-refractivity contribution is -0.127. The highest BCUT2D eigenvalue weighted by molar-refractivity contribution is 14.0. The number of nitrogens with one attached hydrogen (secondary N) is 2. The van der Waals surface area contributed by atoms with Crippen LogP contribution in [0.4, 0.5) is 0 Å². The van der Waals surface area contributed by atoms with E-state index < -0.39 is 0 Å². The topological polar surface area (TPSA) is 66.0 Å². The average molecular weight is 424 g/mol. The van der Waals surface area contributed by atoms with Gasteiger partial charge in [0.25, 0.3) is 0 Å². The molecule has 2 rings (SSSR count). The van der Waals surface area contributed by atoms with E-state index in [1.807, 2.05) is 4.90 Å². The van der Waals surface area contributed by atoms with Gasteiger partial charge in [0.15, 0.2) is 5.96 Å². The molecule has 0 spiro atoms. The molecule has 0 unspecified atom stereocenters. The summed E-state index contributed by atoms with van der Waals surface area (Å²) in [7, 11) is 0. The van der Waals surface area contributed by atoms with Gasteiger partial charge in [-0.15, -0.1) is 24.0 Å². The molecule has 0 aromatic carbocycles. The molecule has 128 valence electrons. The molecule has 1 amide bonds. The van der Waals surface area contributed by atoms with Crippen molar-refractivity contribution in [2.45, 2.75) is 33.1 Å². The molecular weight excluding hydrogens is 395 g/mol. The fourth-order valence-electron chi connectivity index (χ4n) is 2.57. The number of ether oxygens (including phenoxy) is 1. The molecule has 2 fully saturated rings. The van der Waals surface area contributed by atoms with E-state index in [2.05, 4.69) is 29.5 Å². The largest absolute Gasteiger partial charge is 0.380 e. The van der Waals surface area contributed by atoms with Crippen molar-refractivity contribution >= 4 is 35.8 Å². The number of hydrogen-bond acceptors (Lipinski definition) is 3. The Morgan fingerprint density at radius 1 is 1.41 bits per heavy atom. The van der Waals surface area contributed by atoms with Gasteiger partial charge in [0.05, 0.1) is 19.8 Å². The van der Waals surface area contributed by atoms with Gasteiger partial charge >= 0.3 is 0 Å². The molecule has 0 aromatic rings. The molecule has 6 nitrogen and oxygen atoms in total. The molecular formula is C15H29IN4O2. The first-order chi connectivity index (χ1) is 10.1. The SMILES string of the molecule is CCNC(=NCC1(C)COC1)NCCCN1CCCC1=O.I. The molecule has 2 aliphatic rings. The number of rotatable bonds is 7. The number of hydrogen-bond donors (Lipinski definition) is 2. The summed E-state index contributed by atoms with van der Waals surface area (Å²) in [5, 5.41) is 6.60. The minimum absolute atomic E-state index is 0. The molecule has 0 saturated carbocycles. The zero-order valence-corrected chi connectivity index (χ0v) is 16.0. The number of carbonyl (C=O) groups is 1. The van der Waals surface area contributed by atoms with Crippen LogP contribution in [-0.4, -0.2) is 62.7 Å². The second-order valence-electron chi connectivity index (χ2n) is 6.26. The normalized spacial score (nSPS) is 20.4. The molecule has 0 atom stereocenters. The first-order valence-electron chi connectivity index (χ1n) is 8.01. The molecule has 2 saturated heterocycles. The molecule has 0 aromatic heterocycles. The molecule has 0 radical (unpaired) electrons. The van der Waals surface area contributed by atoms with E-state index in [1.54, 1.807) is 0 Å². The number of amides is 1. The second kappa shape index (κ2) is 9.54. The van der Waals surface area contributed by atoms with E-state index in [1.165, 1.54) is 0 Å². The number of nitrogens with zero attached hydrogens (tertiary/aromatic N) is 2. The third kappa shape index (κ3) is 5.91. The van der Waals surface area contributed by atoms with Gasteiger partial charge in [-0.25, -0.2) is 0 Å². The summed E-state index contributed by atoms with van der Waals surface area (Å²) in [6, 6.07) is 0. The summed E-state index contributed by atoms with van der Waals surface area (Å²) in [6.07, 6.45) is 2.69. The van der Waals surface area contributed by atoms with Crippen LogP contribution < -0.4 is 10.6 Å². The van der Waals surface area contributed by atoms with Gasteiger partial charge in [-0.05, 0) is 19.8 Å². The van der Waals surface area contributed by atoms with Crippen molar-refractivity contribution in [1.82, 2.24) is 15.5 Å². The number of guanidine groups is 1. The van der Waals surface area contributed by atoms with Crippen molar-refractivity contribution in [3.8, 4) is 0 Å². The summed E-state index contributed by atoms with van der Waals surface area (Å²) >= 11 is 0. The Hall–Kier alpha value is -0.570. The molecule has 2 aliphatic heterocycles. The van der Waals surface area contributed by atoms with Crippen LogP contribution in [0.25, 0.3) is 0 Å². The quantitative estimate of drug-likeness (QED) is 0.279. The van der Waals surface area contributed by atoms with Gasteiger partial charge in [-0.2, -0.15) is 0 Å². The van der Waals surface area contributed by atoms with E-state index in [4.69, 9.17) is 4.74 Å². The lowest BCUT2D eigenvalue weighted by Crippen LogP contribution is -2.44. The summed E-state index contributed by atoms with van der Waals surface area (Å²) in [5.74, 6) is 1.16.